The molecule has 1 heterocycles. The third-order valence-electron chi connectivity index (χ3n) is 2.88. The van der Waals surface area contributed by atoms with Crippen LogP contribution in [0.5, 0.6) is 0 Å². The number of hydrogen-bond donors (Lipinski definition) is 1. The molecule has 0 fully saturated rings. The number of aryl methyl sites for hydroxylation is 2. The van der Waals surface area contributed by atoms with Crippen LogP contribution in [-0.4, -0.2) is 9.78 Å². The van der Waals surface area contributed by atoms with Gasteiger partial charge in [0.05, 0.1) is 28.6 Å². The Morgan fingerprint density at radius 3 is 2.74 bits per heavy atom. The molecular formula is C13H14BrCl2N3. The molecule has 0 saturated carbocycles. The standard InChI is InChI=1S/C13H14BrCl2N3/c1-3-10-13(16)12(19(2)18-10)7-17-11-6-8(15)4-5-9(11)14/h4-6,17H,3,7H2,1-2H3. The second-order valence-electron chi connectivity index (χ2n) is 4.16. The molecule has 0 atom stereocenters. The van der Waals surface area contributed by atoms with Gasteiger partial charge in [-0.25, -0.2) is 0 Å². The van der Waals surface area contributed by atoms with E-state index in [0.29, 0.717) is 11.6 Å². The SMILES string of the molecule is CCc1nn(C)c(CNc2cc(Cl)ccc2Br)c1Cl. The highest BCUT2D eigenvalue weighted by Crippen LogP contribution is 2.27. The molecular weight excluding hydrogens is 349 g/mol. The average molecular weight is 363 g/mol. The summed E-state index contributed by atoms with van der Waals surface area (Å²) in [7, 11) is 1.90. The van der Waals surface area contributed by atoms with Gasteiger partial charge < -0.3 is 5.32 Å². The maximum atomic E-state index is 6.31. The Bertz CT molecular complexity index is 596. The summed E-state index contributed by atoms with van der Waals surface area (Å²) in [6, 6.07) is 5.62. The van der Waals surface area contributed by atoms with Crippen molar-refractivity contribution in [1.82, 2.24) is 9.78 Å². The zero-order valence-electron chi connectivity index (χ0n) is 10.7. The van der Waals surface area contributed by atoms with Crippen LogP contribution in [0.3, 0.4) is 0 Å². The van der Waals surface area contributed by atoms with Crippen molar-refractivity contribution in [3.63, 3.8) is 0 Å². The molecule has 0 radical (unpaired) electrons. The second kappa shape index (κ2) is 6.16. The summed E-state index contributed by atoms with van der Waals surface area (Å²) in [6.45, 7) is 2.64. The van der Waals surface area contributed by atoms with Gasteiger partial charge in [-0.1, -0.05) is 30.1 Å². The van der Waals surface area contributed by atoms with Crippen molar-refractivity contribution < 1.29 is 0 Å². The monoisotopic (exact) mass is 361 g/mol. The first kappa shape index (κ1) is 14.7. The molecule has 3 nitrogen and oxygen atoms in total. The van der Waals surface area contributed by atoms with Crippen molar-refractivity contribution in [3.05, 3.63) is 44.1 Å². The third-order valence-corrected chi connectivity index (χ3v) is 4.24. The first-order valence-corrected chi connectivity index (χ1v) is 7.47. The molecule has 2 aromatic rings. The average Bonchev–Trinajstić information content (AvgIpc) is 2.66. The summed E-state index contributed by atoms with van der Waals surface area (Å²) in [5, 5.41) is 9.12. The molecule has 1 N–H and O–H groups in total. The molecule has 1 aromatic carbocycles. The van der Waals surface area contributed by atoms with Crippen LogP contribution in [0, 0.1) is 0 Å². The largest absolute Gasteiger partial charge is 0.378 e. The van der Waals surface area contributed by atoms with Gasteiger partial charge in [-0.15, -0.1) is 0 Å². The lowest BCUT2D eigenvalue weighted by Crippen LogP contribution is -2.06. The number of hydrogen-bond acceptors (Lipinski definition) is 2. The minimum Gasteiger partial charge on any atom is -0.378 e. The van der Waals surface area contributed by atoms with Gasteiger partial charge in [0.25, 0.3) is 0 Å². The molecule has 0 bridgehead atoms. The summed E-state index contributed by atoms with van der Waals surface area (Å²) in [4.78, 5) is 0. The lowest BCUT2D eigenvalue weighted by Gasteiger charge is -2.09. The Labute approximate surface area is 131 Å². The Hall–Kier alpha value is -0.710. The predicted molar refractivity (Wildman–Crippen MR) is 84.1 cm³/mol. The molecule has 19 heavy (non-hydrogen) atoms. The Morgan fingerprint density at radius 1 is 1.37 bits per heavy atom. The quantitative estimate of drug-likeness (QED) is 0.856. The van der Waals surface area contributed by atoms with Gasteiger partial charge in [0.15, 0.2) is 0 Å². The molecule has 0 aliphatic heterocycles. The van der Waals surface area contributed by atoms with E-state index in [4.69, 9.17) is 23.2 Å². The van der Waals surface area contributed by atoms with Crippen LogP contribution in [0.2, 0.25) is 10.0 Å². The highest BCUT2D eigenvalue weighted by molar-refractivity contribution is 9.10. The van der Waals surface area contributed by atoms with E-state index in [0.717, 1.165) is 33.0 Å². The molecule has 102 valence electrons. The van der Waals surface area contributed by atoms with Crippen LogP contribution in [0.4, 0.5) is 5.69 Å². The van der Waals surface area contributed by atoms with Crippen molar-refractivity contribution in [2.75, 3.05) is 5.32 Å². The fourth-order valence-corrected chi connectivity index (χ4v) is 2.74. The Balaban J connectivity index is 2.19. The van der Waals surface area contributed by atoms with E-state index in [2.05, 4.69) is 26.3 Å². The van der Waals surface area contributed by atoms with E-state index in [1.54, 1.807) is 0 Å². The van der Waals surface area contributed by atoms with Crippen LogP contribution in [0.15, 0.2) is 22.7 Å². The van der Waals surface area contributed by atoms with Crippen LogP contribution in [0.25, 0.3) is 0 Å². The van der Waals surface area contributed by atoms with Crippen LogP contribution >= 0.6 is 39.1 Å². The first-order valence-electron chi connectivity index (χ1n) is 5.92. The molecule has 0 aliphatic rings. The normalized spacial score (nSPS) is 10.8. The summed E-state index contributed by atoms with van der Waals surface area (Å²) < 4.78 is 2.78. The Kier molecular flexibility index (Phi) is 4.76. The zero-order valence-corrected chi connectivity index (χ0v) is 13.8. The fraction of sp³-hybridized carbons (Fsp3) is 0.308. The van der Waals surface area contributed by atoms with Crippen molar-refractivity contribution in [2.24, 2.45) is 7.05 Å². The zero-order chi connectivity index (χ0) is 14.0. The molecule has 6 heteroatoms. The summed E-state index contributed by atoms with van der Waals surface area (Å²) >= 11 is 15.8. The number of nitrogens with zero attached hydrogens (tertiary/aromatic N) is 2. The fourth-order valence-electron chi connectivity index (χ4n) is 1.82. The molecule has 1 aromatic heterocycles. The van der Waals surface area contributed by atoms with E-state index in [9.17, 15) is 0 Å². The molecule has 0 saturated heterocycles. The van der Waals surface area contributed by atoms with Gasteiger partial charge in [0, 0.05) is 16.5 Å². The number of benzene rings is 1. The number of aromatic nitrogens is 2. The summed E-state index contributed by atoms with van der Waals surface area (Å²) in [5.41, 5.74) is 2.82. The van der Waals surface area contributed by atoms with Crippen LogP contribution < -0.4 is 5.32 Å². The highest BCUT2D eigenvalue weighted by Gasteiger charge is 2.13. The molecule has 0 unspecified atom stereocenters. The Morgan fingerprint density at radius 2 is 2.11 bits per heavy atom. The highest BCUT2D eigenvalue weighted by atomic mass is 79.9. The third kappa shape index (κ3) is 3.25. The van der Waals surface area contributed by atoms with Crippen molar-refractivity contribution >= 4 is 44.8 Å². The van der Waals surface area contributed by atoms with Gasteiger partial charge in [0.1, 0.15) is 0 Å². The topological polar surface area (TPSA) is 29.9 Å². The van der Waals surface area contributed by atoms with Gasteiger partial charge in [-0.05, 0) is 40.5 Å². The minimum atomic E-state index is 0.598. The van der Waals surface area contributed by atoms with Gasteiger partial charge >= 0.3 is 0 Å². The van der Waals surface area contributed by atoms with Crippen molar-refractivity contribution in [1.29, 1.82) is 0 Å². The number of anilines is 1. The molecule has 2 rings (SSSR count). The number of nitrogens with one attached hydrogen (secondary N) is 1. The van der Waals surface area contributed by atoms with Crippen LogP contribution in [-0.2, 0) is 20.0 Å². The predicted octanol–water partition coefficient (Wildman–Crippen LogP) is 4.66. The molecule has 0 aliphatic carbocycles. The second-order valence-corrected chi connectivity index (χ2v) is 5.83. The van der Waals surface area contributed by atoms with E-state index in [1.165, 1.54) is 0 Å². The molecule has 0 spiro atoms. The van der Waals surface area contributed by atoms with Gasteiger partial charge in [-0.2, -0.15) is 5.10 Å². The lowest BCUT2D eigenvalue weighted by molar-refractivity contribution is 0.707. The maximum absolute atomic E-state index is 6.31. The number of halogens is 3. The van der Waals surface area contributed by atoms with Gasteiger partial charge in [0.2, 0.25) is 0 Å². The summed E-state index contributed by atoms with van der Waals surface area (Å²) in [6.07, 6.45) is 0.827. The maximum Gasteiger partial charge on any atom is 0.0868 e. The van der Waals surface area contributed by atoms with E-state index in [-0.39, 0.29) is 0 Å². The van der Waals surface area contributed by atoms with E-state index >= 15 is 0 Å². The van der Waals surface area contributed by atoms with E-state index < -0.39 is 0 Å². The first-order chi connectivity index (χ1) is 9.02. The van der Waals surface area contributed by atoms with E-state index in [1.807, 2.05) is 36.9 Å². The lowest BCUT2D eigenvalue weighted by atomic mass is 10.3. The van der Waals surface area contributed by atoms with Crippen molar-refractivity contribution in [3.8, 4) is 0 Å². The van der Waals surface area contributed by atoms with Crippen molar-refractivity contribution in [2.45, 2.75) is 19.9 Å². The molecule has 0 amide bonds. The number of rotatable bonds is 4. The minimum absolute atomic E-state index is 0.598. The van der Waals surface area contributed by atoms with Crippen LogP contribution in [0.1, 0.15) is 18.3 Å². The van der Waals surface area contributed by atoms with Gasteiger partial charge in [-0.3, -0.25) is 4.68 Å². The summed E-state index contributed by atoms with van der Waals surface area (Å²) in [5.74, 6) is 0. The smallest absolute Gasteiger partial charge is 0.0868 e.